The molecule has 182 valence electrons. The topological polar surface area (TPSA) is 94.3 Å². The van der Waals surface area contributed by atoms with E-state index < -0.39 is 15.8 Å². The number of ether oxygens (including phenoxy) is 1. The van der Waals surface area contributed by atoms with Crippen LogP contribution in [-0.4, -0.2) is 25.7 Å². The first-order valence-corrected chi connectivity index (χ1v) is 12.6. The summed E-state index contributed by atoms with van der Waals surface area (Å²) < 4.78 is 52.4. The minimum atomic E-state index is -3.87. The van der Waals surface area contributed by atoms with E-state index in [2.05, 4.69) is 19.4 Å². The predicted molar refractivity (Wildman–Crippen MR) is 136 cm³/mol. The SMILES string of the molecule is COc1cc(-c2ccc(Cl)c(F)c2)c(C)cc1-c1nccc2cc(S(=O)(=O)Nc3ccon3)ccc12. The van der Waals surface area contributed by atoms with E-state index in [1.165, 1.54) is 30.5 Å². The average Bonchev–Trinajstić information content (AvgIpc) is 3.37. The van der Waals surface area contributed by atoms with Gasteiger partial charge in [-0.1, -0.05) is 28.9 Å². The first-order chi connectivity index (χ1) is 17.3. The van der Waals surface area contributed by atoms with Crippen LogP contribution in [0.1, 0.15) is 5.56 Å². The number of aromatic nitrogens is 2. The number of halogens is 2. The van der Waals surface area contributed by atoms with Gasteiger partial charge in [0, 0.05) is 23.2 Å². The fourth-order valence-corrected chi connectivity index (χ4v) is 5.16. The van der Waals surface area contributed by atoms with E-state index in [1.54, 1.807) is 37.6 Å². The number of rotatable bonds is 6. The summed E-state index contributed by atoms with van der Waals surface area (Å²) in [5.41, 5.74) is 3.67. The lowest BCUT2D eigenvalue weighted by molar-refractivity contribution is 0.416. The number of benzene rings is 3. The Balaban J connectivity index is 1.60. The Kier molecular flexibility index (Phi) is 6.11. The normalized spacial score (nSPS) is 11.6. The highest BCUT2D eigenvalue weighted by molar-refractivity contribution is 7.92. The molecule has 0 aliphatic heterocycles. The molecule has 0 saturated heterocycles. The molecule has 7 nitrogen and oxygen atoms in total. The molecule has 0 saturated carbocycles. The summed E-state index contributed by atoms with van der Waals surface area (Å²) in [7, 11) is -2.32. The predicted octanol–water partition coefficient (Wildman–Crippen LogP) is 6.47. The van der Waals surface area contributed by atoms with Crippen molar-refractivity contribution in [3.8, 4) is 28.1 Å². The maximum absolute atomic E-state index is 14.1. The van der Waals surface area contributed by atoms with Gasteiger partial charge in [0.2, 0.25) is 0 Å². The quantitative estimate of drug-likeness (QED) is 0.274. The second-order valence-electron chi connectivity index (χ2n) is 8.03. The van der Waals surface area contributed by atoms with Crippen LogP contribution in [0.5, 0.6) is 5.75 Å². The van der Waals surface area contributed by atoms with Crippen molar-refractivity contribution >= 4 is 38.2 Å². The number of nitrogens with one attached hydrogen (secondary N) is 1. The van der Waals surface area contributed by atoms with Gasteiger partial charge in [-0.2, -0.15) is 0 Å². The Bertz CT molecular complexity index is 1710. The van der Waals surface area contributed by atoms with Crippen LogP contribution in [0.4, 0.5) is 10.2 Å². The highest BCUT2D eigenvalue weighted by Gasteiger charge is 2.19. The molecule has 0 radical (unpaired) electrons. The van der Waals surface area contributed by atoms with Gasteiger partial charge in [-0.25, -0.2) is 12.8 Å². The molecular formula is C26H19ClFN3O4S. The fourth-order valence-electron chi connectivity index (χ4n) is 4.02. The second-order valence-corrected chi connectivity index (χ2v) is 10.1. The minimum Gasteiger partial charge on any atom is -0.496 e. The average molecular weight is 524 g/mol. The molecule has 0 unspecified atom stereocenters. The number of pyridine rings is 1. The standard InChI is InChI=1S/C26H19ClFN3O4S/c1-15-11-21(24(34-2)14-20(15)16-3-6-22(27)23(28)13-16)26-19-5-4-18(12-17(19)7-9-29-26)36(32,33)31-25-8-10-35-30-25/h3-14H,1-2H3,(H,30,31). The minimum absolute atomic E-state index is 0.0533. The van der Waals surface area contributed by atoms with Gasteiger partial charge in [0.1, 0.15) is 17.8 Å². The van der Waals surface area contributed by atoms with E-state index in [0.717, 1.165) is 22.1 Å². The Morgan fingerprint density at radius 1 is 1.03 bits per heavy atom. The molecule has 0 atom stereocenters. The first-order valence-electron chi connectivity index (χ1n) is 10.7. The molecule has 1 N–H and O–H groups in total. The zero-order valence-corrected chi connectivity index (χ0v) is 20.7. The number of methoxy groups -OCH3 is 1. The van der Waals surface area contributed by atoms with E-state index in [1.807, 2.05) is 19.1 Å². The van der Waals surface area contributed by atoms with Crippen LogP contribution in [0, 0.1) is 12.7 Å². The summed E-state index contributed by atoms with van der Waals surface area (Å²) in [6, 6.07) is 16.3. The van der Waals surface area contributed by atoms with Crippen LogP contribution < -0.4 is 9.46 Å². The Labute approximate surface area is 211 Å². The number of fused-ring (bicyclic) bond motifs is 1. The van der Waals surface area contributed by atoms with Gasteiger partial charge >= 0.3 is 0 Å². The van der Waals surface area contributed by atoms with Gasteiger partial charge < -0.3 is 9.26 Å². The van der Waals surface area contributed by atoms with Gasteiger partial charge in [0.25, 0.3) is 10.0 Å². The van der Waals surface area contributed by atoms with Crippen molar-refractivity contribution in [1.29, 1.82) is 0 Å². The second kappa shape index (κ2) is 9.25. The highest BCUT2D eigenvalue weighted by Crippen LogP contribution is 2.39. The van der Waals surface area contributed by atoms with Crippen molar-refractivity contribution in [2.75, 3.05) is 11.8 Å². The van der Waals surface area contributed by atoms with Gasteiger partial charge in [0.05, 0.1) is 22.7 Å². The van der Waals surface area contributed by atoms with Gasteiger partial charge in [-0.05, 0) is 71.5 Å². The zero-order chi connectivity index (χ0) is 25.4. The molecule has 0 spiro atoms. The Hall–Kier alpha value is -3.95. The van der Waals surface area contributed by atoms with Crippen LogP contribution >= 0.6 is 11.6 Å². The first kappa shape index (κ1) is 23.8. The number of hydrogen-bond donors (Lipinski definition) is 1. The number of hydrogen-bond acceptors (Lipinski definition) is 6. The maximum Gasteiger partial charge on any atom is 0.263 e. The van der Waals surface area contributed by atoms with Crippen molar-refractivity contribution in [3.63, 3.8) is 0 Å². The van der Waals surface area contributed by atoms with Gasteiger partial charge in [-0.3, -0.25) is 9.71 Å². The van der Waals surface area contributed by atoms with E-state index in [0.29, 0.717) is 22.4 Å². The summed E-state index contributed by atoms with van der Waals surface area (Å²) in [6.45, 7) is 1.91. The molecular weight excluding hydrogens is 505 g/mol. The van der Waals surface area contributed by atoms with Crippen LogP contribution in [0.25, 0.3) is 33.2 Å². The summed E-state index contributed by atoms with van der Waals surface area (Å²) in [4.78, 5) is 4.63. The van der Waals surface area contributed by atoms with Crippen LogP contribution in [0.2, 0.25) is 5.02 Å². The van der Waals surface area contributed by atoms with E-state index in [4.69, 9.17) is 16.3 Å². The molecule has 2 heterocycles. The molecule has 0 fully saturated rings. The monoisotopic (exact) mass is 523 g/mol. The number of nitrogens with zero attached hydrogens (tertiary/aromatic N) is 2. The number of aryl methyl sites for hydroxylation is 1. The summed E-state index contributed by atoms with van der Waals surface area (Å²) in [6.07, 6.45) is 2.89. The molecule has 3 aromatic carbocycles. The fraction of sp³-hybridized carbons (Fsp3) is 0.0769. The summed E-state index contributed by atoms with van der Waals surface area (Å²) in [5, 5.41) is 5.05. The molecule has 5 aromatic rings. The molecule has 36 heavy (non-hydrogen) atoms. The smallest absolute Gasteiger partial charge is 0.263 e. The van der Waals surface area contributed by atoms with Crippen molar-refractivity contribution in [2.45, 2.75) is 11.8 Å². The van der Waals surface area contributed by atoms with E-state index in [9.17, 15) is 12.8 Å². The van der Waals surface area contributed by atoms with Crippen LogP contribution in [0.15, 0.2) is 82.5 Å². The van der Waals surface area contributed by atoms with Gasteiger partial charge in [-0.15, -0.1) is 0 Å². The van der Waals surface area contributed by atoms with E-state index in [-0.39, 0.29) is 15.7 Å². The largest absolute Gasteiger partial charge is 0.496 e. The van der Waals surface area contributed by atoms with Crippen molar-refractivity contribution < 1.29 is 22.1 Å². The molecule has 2 aromatic heterocycles. The van der Waals surface area contributed by atoms with Crippen molar-refractivity contribution in [3.05, 3.63) is 89.5 Å². The van der Waals surface area contributed by atoms with Crippen LogP contribution in [-0.2, 0) is 10.0 Å². The number of anilines is 1. The molecule has 0 amide bonds. The summed E-state index contributed by atoms with van der Waals surface area (Å²) in [5.74, 6) is 0.123. The molecule has 5 rings (SSSR count). The summed E-state index contributed by atoms with van der Waals surface area (Å²) >= 11 is 5.84. The third-order valence-corrected chi connectivity index (χ3v) is 7.41. The number of sulfonamides is 1. The Morgan fingerprint density at radius 3 is 2.58 bits per heavy atom. The molecule has 10 heteroatoms. The third kappa shape index (κ3) is 4.38. The van der Waals surface area contributed by atoms with Crippen LogP contribution in [0.3, 0.4) is 0 Å². The van der Waals surface area contributed by atoms with Crippen molar-refractivity contribution in [2.24, 2.45) is 0 Å². The molecule has 0 bridgehead atoms. The third-order valence-electron chi connectivity index (χ3n) is 5.76. The Morgan fingerprint density at radius 2 is 1.86 bits per heavy atom. The highest BCUT2D eigenvalue weighted by atomic mass is 35.5. The molecule has 0 aliphatic rings. The van der Waals surface area contributed by atoms with Gasteiger partial charge in [0.15, 0.2) is 5.82 Å². The lowest BCUT2D eigenvalue weighted by atomic mass is 9.95. The lowest BCUT2D eigenvalue weighted by Gasteiger charge is -2.16. The molecule has 0 aliphatic carbocycles. The maximum atomic E-state index is 14.1. The zero-order valence-electron chi connectivity index (χ0n) is 19.1. The lowest BCUT2D eigenvalue weighted by Crippen LogP contribution is -2.13. The van der Waals surface area contributed by atoms with E-state index >= 15 is 0 Å². The van der Waals surface area contributed by atoms with Crippen molar-refractivity contribution in [1.82, 2.24) is 10.1 Å².